The number of carboxylic acid groups (broad SMARTS) is 1. The molecule has 1 N–H and O–H groups in total. The van der Waals surface area contributed by atoms with Gasteiger partial charge in [-0.2, -0.15) is 0 Å². The molecule has 4 heteroatoms. The van der Waals surface area contributed by atoms with E-state index in [0.717, 1.165) is 6.42 Å². The van der Waals surface area contributed by atoms with E-state index in [1.54, 1.807) is 0 Å². The van der Waals surface area contributed by atoms with Gasteiger partial charge in [0, 0.05) is 0 Å². The molecule has 1 rings (SSSR count). The summed E-state index contributed by atoms with van der Waals surface area (Å²) in [6, 6.07) is 0. The van der Waals surface area contributed by atoms with E-state index in [0.29, 0.717) is 25.4 Å². The maximum Gasteiger partial charge on any atom is 0.309 e. The molecule has 0 heterocycles. The maximum atomic E-state index is 11.4. The van der Waals surface area contributed by atoms with E-state index in [4.69, 9.17) is 9.84 Å². The Morgan fingerprint density at radius 2 is 1.93 bits per heavy atom. The average molecular weight is 214 g/mol. The second-order valence-corrected chi connectivity index (χ2v) is 4.48. The van der Waals surface area contributed by atoms with Crippen molar-refractivity contribution in [1.82, 2.24) is 0 Å². The van der Waals surface area contributed by atoms with Gasteiger partial charge in [0.1, 0.15) is 0 Å². The van der Waals surface area contributed by atoms with Gasteiger partial charge >= 0.3 is 11.9 Å². The molecule has 0 bridgehead atoms. The summed E-state index contributed by atoms with van der Waals surface area (Å²) in [6.45, 7) is 4.51. The fourth-order valence-electron chi connectivity index (χ4n) is 1.58. The number of esters is 1. The van der Waals surface area contributed by atoms with Gasteiger partial charge in [0.2, 0.25) is 0 Å². The first-order valence-electron chi connectivity index (χ1n) is 5.41. The Morgan fingerprint density at radius 3 is 2.33 bits per heavy atom. The van der Waals surface area contributed by atoms with Gasteiger partial charge in [0.15, 0.2) is 0 Å². The van der Waals surface area contributed by atoms with E-state index in [1.165, 1.54) is 0 Å². The largest absolute Gasteiger partial charge is 0.481 e. The summed E-state index contributed by atoms with van der Waals surface area (Å²) in [5.41, 5.74) is 0. The normalized spacial score (nSPS) is 24.7. The summed E-state index contributed by atoms with van der Waals surface area (Å²) in [4.78, 5) is 22.1. The van der Waals surface area contributed by atoms with Gasteiger partial charge in [-0.15, -0.1) is 0 Å². The first-order chi connectivity index (χ1) is 7.02. The third kappa shape index (κ3) is 3.22. The summed E-state index contributed by atoms with van der Waals surface area (Å²) >= 11 is 0. The van der Waals surface area contributed by atoms with Gasteiger partial charge in [-0.05, 0) is 25.2 Å². The number of rotatable bonds is 5. The monoisotopic (exact) mass is 214 g/mol. The summed E-state index contributed by atoms with van der Waals surface area (Å²) in [6.07, 6.45) is 2.08. The highest BCUT2D eigenvalue weighted by molar-refractivity contribution is 5.82. The zero-order valence-electron chi connectivity index (χ0n) is 9.23. The van der Waals surface area contributed by atoms with Crippen molar-refractivity contribution in [1.29, 1.82) is 0 Å². The summed E-state index contributed by atoms with van der Waals surface area (Å²) < 4.78 is 5.03. The van der Waals surface area contributed by atoms with Crippen LogP contribution in [0.4, 0.5) is 0 Å². The highest BCUT2D eigenvalue weighted by atomic mass is 16.5. The van der Waals surface area contributed by atoms with Crippen molar-refractivity contribution >= 4 is 11.9 Å². The zero-order valence-corrected chi connectivity index (χ0v) is 9.23. The second-order valence-electron chi connectivity index (χ2n) is 4.48. The Labute approximate surface area is 89.6 Å². The first-order valence-corrected chi connectivity index (χ1v) is 5.41. The zero-order chi connectivity index (χ0) is 11.4. The van der Waals surface area contributed by atoms with E-state index in [2.05, 4.69) is 13.8 Å². The fourth-order valence-corrected chi connectivity index (χ4v) is 1.58. The number of carboxylic acids is 1. The molecular formula is C11H18O4. The smallest absolute Gasteiger partial charge is 0.309 e. The van der Waals surface area contributed by atoms with Crippen LogP contribution in [0.1, 0.15) is 33.1 Å². The van der Waals surface area contributed by atoms with Crippen LogP contribution in [0, 0.1) is 17.8 Å². The number of aliphatic carboxylic acids is 1. The maximum absolute atomic E-state index is 11.4. The van der Waals surface area contributed by atoms with Crippen LogP contribution in [0.5, 0.6) is 0 Å². The Balaban J connectivity index is 2.26. The van der Waals surface area contributed by atoms with Gasteiger partial charge < -0.3 is 9.84 Å². The van der Waals surface area contributed by atoms with Crippen LogP contribution in [0.3, 0.4) is 0 Å². The van der Waals surface area contributed by atoms with Gasteiger partial charge in [-0.1, -0.05) is 13.8 Å². The minimum absolute atomic E-state index is 0.339. The lowest BCUT2D eigenvalue weighted by molar-refractivity contribution is -0.164. The van der Waals surface area contributed by atoms with Gasteiger partial charge in [0.25, 0.3) is 0 Å². The molecule has 1 aliphatic rings. The molecule has 0 aromatic heterocycles. The molecule has 1 fully saturated rings. The topological polar surface area (TPSA) is 63.6 Å². The molecule has 2 atom stereocenters. The van der Waals surface area contributed by atoms with E-state index in [1.807, 2.05) is 0 Å². The summed E-state index contributed by atoms with van der Waals surface area (Å²) in [5.74, 6) is -1.65. The second kappa shape index (κ2) is 5.14. The van der Waals surface area contributed by atoms with E-state index in [-0.39, 0.29) is 5.97 Å². The predicted octanol–water partition coefficient (Wildman–Crippen LogP) is 1.69. The SMILES string of the molecule is CC(C)CCOC(=O)C1CCC1C(=O)O. The molecule has 1 saturated carbocycles. The molecule has 0 aromatic carbocycles. The van der Waals surface area contributed by atoms with Gasteiger partial charge in [0.05, 0.1) is 18.4 Å². The average Bonchev–Trinajstić information content (AvgIpc) is 1.99. The highest BCUT2D eigenvalue weighted by Gasteiger charge is 2.42. The lowest BCUT2D eigenvalue weighted by Gasteiger charge is -2.31. The molecule has 2 unspecified atom stereocenters. The van der Waals surface area contributed by atoms with Crippen molar-refractivity contribution in [3.63, 3.8) is 0 Å². The Hall–Kier alpha value is -1.06. The summed E-state index contributed by atoms with van der Waals surface area (Å²) in [7, 11) is 0. The number of hydrogen-bond donors (Lipinski definition) is 1. The molecule has 0 spiro atoms. The molecule has 4 nitrogen and oxygen atoms in total. The fraction of sp³-hybridized carbons (Fsp3) is 0.818. The van der Waals surface area contributed by atoms with Gasteiger partial charge in [-0.3, -0.25) is 9.59 Å². The van der Waals surface area contributed by atoms with Crippen molar-refractivity contribution < 1.29 is 19.4 Å². The van der Waals surface area contributed by atoms with Crippen LogP contribution in [-0.2, 0) is 14.3 Å². The predicted molar refractivity (Wildman–Crippen MR) is 54.3 cm³/mol. The third-order valence-electron chi connectivity index (χ3n) is 2.83. The summed E-state index contributed by atoms with van der Waals surface area (Å²) in [5, 5.41) is 8.76. The lowest BCUT2D eigenvalue weighted by atomic mass is 9.74. The highest BCUT2D eigenvalue weighted by Crippen LogP contribution is 2.35. The van der Waals surface area contributed by atoms with Crippen molar-refractivity contribution in [3.05, 3.63) is 0 Å². The molecule has 0 amide bonds. The molecule has 0 aliphatic heterocycles. The Morgan fingerprint density at radius 1 is 1.33 bits per heavy atom. The van der Waals surface area contributed by atoms with Crippen molar-refractivity contribution in [2.75, 3.05) is 6.61 Å². The van der Waals surface area contributed by atoms with Crippen LogP contribution in [0.25, 0.3) is 0 Å². The number of hydrogen-bond acceptors (Lipinski definition) is 3. The van der Waals surface area contributed by atoms with Crippen molar-refractivity contribution in [2.24, 2.45) is 17.8 Å². The molecule has 15 heavy (non-hydrogen) atoms. The quantitative estimate of drug-likeness (QED) is 0.707. The lowest BCUT2D eigenvalue weighted by Crippen LogP contribution is -2.39. The molecule has 86 valence electrons. The van der Waals surface area contributed by atoms with Crippen LogP contribution in [0.2, 0.25) is 0 Å². The molecular weight excluding hydrogens is 196 g/mol. The first kappa shape index (κ1) is 12.0. The number of ether oxygens (including phenoxy) is 1. The molecule has 1 aliphatic carbocycles. The van der Waals surface area contributed by atoms with E-state index < -0.39 is 17.8 Å². The Kier molecular flexibility index (Phi) is 4.12. The van der Waals surface area contributed by atoms with Crippen LogP contribution < -0.4 is 0 Å². The standard InChI is InChI=1S/C11H18O4/c1-7(2)5-6-15-11(14)9-4-3-8(9)10(12)13/h7-9H,3-6H2,1-2H3,(H,12,13). The Bertz CT molecular complexity index is 247. The molecule has 0 saturated heterocycles. The van der Waals surface area contributed by atoms with Crippen LogP contribution in [0.15, 0.2) is 0 Å². The van der Waals surface area contributed by atoms with Gasteiger partial charge in [-0.25, -0.2) is 0 Å². The molecule has 0 aromatic rings. The van der Waals surface area contributed by atoms with Crippen molar-refractivity contribution in [3.8, 4) is 0 Å². The number of carbonyl (C=O) groups excluding carboxylic acids is 1. The third-order valence-corrected chi connectivity index (χ3v) is 2.83. The minimum atomic E-state index is -0.882. The number of carbonyl (C=O) groups is 2. The molecule has 0 radical (unpaired) electrons. The van der Waals surface area contributed by atoms with Crippen molar-refractivity contribution in [2.45, 2.75) is 33.1 Å². The van der Waals surface area contributed by atoms with Crippen LogP contribution in [-0.4, -0.2) is 23.7 Å². The van der Waals surface area contributed by atoms with E-state index >= 15 is 0 Å². The van der Waals surface area contributed by atoms with Crippen LogP contribution >= 0.6 is 0 Å². The van der Waals surface area contributed by atoms with E-state index in [9.17, 15) is 9.59 Å². The minimum Gasteiger partial charge on any atom is -0.481 e.